The molecule has 0 bridgehead atoms. The first-order valence-electron chi connectivity index (χ1n) is 7.91. The van der Waals surface area contributed by atoms with Crippen molar-refractivity contribution in [1.29, 1.82) is 0 Å². The summed E-state index contributed by atoms with van der Waals surface area (Å²) >= 11 is 0. The van der Waals surface area contributed by atoms with Crippen molar-refractivity contribution in [2.45, 2.75) is 44.9 Å². The summed E-state index contributed by atoms with van der Waals surface area (Å²) < 4.78 is 0. The normalized spacial score (nSPS) is 17.0. The van der Waals surface area contributed by atoms with Crippen LogP contribution in [-0.2, 0) is 12.8 Å². The molecule has 1 atom stereocenters. The third kappa shape index (κ3) is 3.03. The molecule has 3 nitrogen and oxygen atoms in total. The predicted octanol–water partition coefficient (Wildman–Crippen LogP) is 4.14. The zero-order chi connectivity index (χ0) is 15.5. The van der Waals surface area contributed by atoms with Crippen LogP contribution in [0.25, 0.3) is 0 Å². The Kier molecular flexibility index (Phi) is 4.23. The first-order valence-corrected chi connectivity index (χ1v) is 7.91. The summed E-state index contributed by atoms with van der Waals surface area (Å²) in [6.07, 6.45) is 8.59. The standard InChI is InChI=1S/C19H21NO2/c1-13-5-8-17-14(3-2-4-15(17)11-13)6-7-16-12-20-10-9-18(16)19(21)22/h5,8-12,14H,2-4,6-7H2,1H3,(H,21,22). The maximum absolute atomic E-state index is 11.3. The molecule has 1 N–H and O–H groups in total. The zero-order valence-corrected chi connectivity index (χ0v) is 12.9. The number of aromatic carboxylic acids is 1. The molecule has 1 aromatic carbocycles. The lowest BCUT2D eigenvalue weighted by Gasteiger charge is -2.26. The number of rotatable bonds is 4. The lowest BCUT2D eigenvalue weighted by Crippen LogP contribution is -2.12. The quantitative estimate of drug-likeness (QED) is 0.922. The summed E-state index contributed by atoms with van der Waals surface area (Å²) in [7, 11) is 0. The Bertz CT molecular complexity index is 694. The molecular weight excluding hydrogens is 274 g/mol. The number of hydrogen-bond donors (Lipinski definition) is 1. The average Bonchev–Trinajstić information content (AvgIpc) is 2.52. The summed E-state index contributed by atoms with van der Waals surface area (Å²) in [5, 5.41) is 9.26. The smallest absolute Gasteiger partial charge is 0.336 e. The van der Waals surface area contributed by atoms with E-state index < -0.39 is 5.97 Å². The number of fused-ring (bicyclic) bond motifs is 1. The van der Waals surface area contributed by atoms with Crippen molar-refractivity contribution < 1.29 is 9.90 Å². The second-order valence-electron chi connectivity index (χ2n) is 6.17. The van der Waals surface area contributed by atoms with Crippen LogP contribution < -0.4 is 0 Å². The Hall–Kier alpha value is -2.16. The molecular formula is C19H21NO2. The minimum atomic E-state index is -0.864. The Morgan fingerprint density at radius 1 is 1.36 bits per heavy atom. The van der Waals surface area contributed by atoms with Gasteiger partial charge in [-0.1, -0.05) is 23.8 Å². The van der Waals surface area contributed by atoms with Crippen LogP contribution in [0.5, 0.6) is 0 Å². The summed E-state index contributed by atoms with van der Waals surface area (Å²) in [6.45, 7) is 2.14. The van der Waals surface area contributed by atoms with E-state index in [-0.39, 0.29) is 0 Å². The highest BCUT2D eigenvalue weighted by Crippen LogP contribution is 2.35. The van der Waals surface area contributed by atoms with Crippen LogP contribution in [0.3, 0.4) is 0 Å². The van der Waals surface area contributed by atoms with Crippen molar-refractivity contribution in [2.24, 2.45) is 0 Å². The van der Waals surface area contributed by atoms with Gasteiger partial charge in [0.05, 0.1) is 5.56 Å². The van der Waals surface area contributed by atoms with Gasteiger partial charge in [-0.25, -0.2) is 4.79 Å². The van der Waals surface area contributed by atoms with E-state index >= 15 is 0 Å². The molecule has 0 radical (unpaired) electrons. The first kappa shape index (κ1) is 14.8. The number of pyridine rings is 1. The summed E-state index contributed by atoms with van der Waals surface area (Å²) in [5.74, 6) is -0.330. The van der Waals surface area contributed by atoms with Crippen molar-refractivity contribution in [3.8, 4) is 0 Å². The van der Waals surface area contributed by atoms with Gasteiger partial charge in [-0.3, -0.25) is 4.98 Å². The van der Waals surface area contributed by atoms with E-state index in [0.29, 0.717) is 11.5 Å². The van der Waals surface area contributed by atoms with Crippen LogP contribution in [0.1, 0.15) is 57.8 Å². The van der Waals surface area contributed by atoms with Crippen LogP contribution in [-0.4, -0.2) is 16.1 Å². The largest absolute Gasteiger partial charge is 0.478 e. The number of nitrogens with zero attached hydrogens (tertiary/aromatic N) is 1. The van der Waals surface area contributed by atoms with Gasteiger partial charge in [0.15, 0.2) is 0 Å². The molecule has 0 spiro atoms. The average molecular weight is 295 g/mol. The van der Waals surface area contributed by atoms with Crippen molar-refractivity contribution in [1.82, 2.24) is 4.98 Å². The Morgan fingerprint density at radius 2 is 2.23 bits per heavy atom. The molecule has 1 aliphatic rings. The number of carbonyl (C=O) groups is 1. The lowest BCUT2D eigenvalue weighted by molar-refractivity contribution is 0.0695. The monoisotopic (exact) mass is 295 g/mol. The van der Waals surface area contributed by atoms with Gasteiger partial charge >= 0.3 is 5.97 Å². The van der Waals surface area contributed by atoms with E-state index in [2.05, 4.69) is 30.1 Å². The summed E-state index contributed by atoms with van der Waals surface area (Å²) in [6, 6.07) is 8.34. The van der Waals surface area contributed by atoms with Crippen LogP contribution in [0.15, 0.2) is 36.7 Å². The minimum absolute atomic E-state index is 0.384. The number of aromatic nitrogens is 1. The van der Waals surface area contributed by atoms with E-state index in [1.165, 1.54) is 36.0 Å². The van der Waals surface area contributed by atoms with Gasteiger partial charge in [0, 0.05) is 12.4 Å². The van der Waals surface area contributed by atoms with E-state index in [4.69, 9.17) is 0 Å². The molecule has 0 saturated carbocycles. The van der Waals surface area contributed by atoms with E-state index in [9.17, 15) is 9.90 Å². The fourth-order valence-corrected chi connectivity index (χ4v) is 3.51. The minimum Gasteiger partial charge on any atom is -0.478 e. The maximum Gasteiger partial charge on any atom is 0.336 e. The van der Waals surface area contributed by atoms with Gasteiger partial charge in [-0.05, 0) is 67.7 Å². The molecule has 2 aromatic rings. The van der Waals surface area contributed by atoms with Gasteiger partial charge in [0.25, 0.3) is 0 Å². The third-order valence-electron chi connectivity index (χ3n) is 4.63. The number of carboxylic acid groups (broad SMARTS) is 1. The van der Waals surface area contributed by atoms with Gasteiger partial charge in [-0.15, -0.1) is 0 Å². The number of aryl methyl sites for hydroxylation is 3. The van der Waals surface area contributed by atoms with Crippen molar-refractivity contribution in [3.05, 3.63) is 64.5 Å². The second kappa shape index (κ2) is 6.30. The molecule has 22 heavy (non-hydrogen) atoms. The molecule has 0 saturated heterocycles. The Morgan fingerprint density at radius 3 is 3.05 bits per heavy atom. The Labute approximate surface area is 131 Å². The van der Waals surface area contributed by atoms with E-state index in [0.717, 1.165) is 18.4 Å². The number of carboxylic acids is 1. The molecule has 1 unspecified atom stereocenters. The Balaban J connectivity index is 1.77. The SMILES string of the molecule is Cc1ccc2c(c1)CCCC2CCc1cnccc1C(=O)O. The summed E-state index contributed by atoms with van der Waals surface area (Å²) in [5.41, 5.74) is 5.47. The maximum atomic E-state index is 11.3. The van der Waals surface area contributed by atoms with Crippen molar-refractivity contribution >= 4 is 5.97 Å². The van der Waals surface area contributed by atoms with Crippen LogP contribution in [0.2, 0.25) is 0 Å². The van der Waals surface area contributed by atoms with Gasteiger partial charge < -0.3 is 5.11 Å². The number of benzene rings is 1. The molecule has 114 valence electrons. The molecule has 1 aliphatic carbocycles. The molecule has 0 aliphatic heterocycles. The molecule has 0 fully saturated rings. The van der Waals surface area contributed by atoms with Crippen LogP contribution in [0, 0.1) is 6.92 Å². The highest BCUT2D eigenvalue weighted by atomic mass is 16.4. The third-order valence-corrected chi connectivity index (χ3v) is 4.63. The highest BCUT2D eigenvalue weighted by Gasteiger charge is 2.21. The van der Waals surface area contributed by atoms with Crippen molar-refractivity contribution in [3.63, 3.8) is 0 Å². The zero-order valence-electron chi connectivity index (χ0n) is 12.9. The van der Waals surface area contributed by atoms with E-state index in [1.54, 1.807) is 18.5 Å². The second-order valence-corrected chi connectivity index (χ2v) is 6.17. The molecule has 3 heteroatoms. The van der Waals surface area contributed by atoms with Gasteiger partial charge in [0.2, 0.25) is 0 Å². The van der Waals surface area contributed by atoms with Crippen molar-refractivity contribution in [2.75, 3.05) is 0 Å². The fraction of sp³-hybridized carbons (Fsp3) is 0.368. The fourth-order valence-electron chi connectivity index (χ4n) is 3.51. The molecule has 1 heterocycles. The van der Waals surface area contributed by atoms with Gasteiger partial charge in [-0.2, -0.15) is 0 Å². The molecule has 0 amide bonds. The number of hydrogen-bond acceptors (Lipinski definition) is 2. The van der Waals surface area contributed by atoms with Gasteiger partial charge in [0.1, 0.15) is 0 Å². The van der Waals surface area contributed by atoms with Crippen LogP contribution in [0.4, 0.5) is 0 Å². The van der Waals surface area contributed by atoms with Crippen LogP contribution >= 0.6 is 0 Å². The predicted molar refractivity (Wildman–Crippen MR) is 86.4 cm³/mol. The topological polar surface area (TPSA) is 50.2 Å². The van der Waals surface area contributed by atoms with E-state index in [1.807, 2.05) is 0 Å². The summed E-state index contributed by atoms with van der Waals surface area (Å²) in [4.78, 5) is 15.4. The molecule has 3 rings (SSSR count). The molecule has 1 aromatic heterocycles. The first-order chi connectivity index (χ1) is 10.6. The highest BCUT2D eigenvalue weighted by molar-refractivity contribution is 5.89. The lowest BCUT2D eigenvalue weighted by atomic mass is 9.79.